The normalized spacial score (nSPS) is 26.9. The van der Waals surface area contributed by atoms with Gasteiger partial charge in [0.25, 0.3) is 0 Å². The number of aliphatic carboxylic acids is 1. The van der Waals surface area contributed by atoms with Crippen LogP contribution in [0.15, 0.2) is 0 Å². The lowest BCUT2D eigenvalue weighted by Gasteiger charge is -2.32. The summed E-state index contributed by atoms with van der Waals surface area (Å²) in [5.41, 5.74) is -1.95. The first-order valence-corrected chi connectivity index (χ1v) is 6.85. The van der Waals surface area contributed by atoms with Crippen molar-refractivity contribution in [2.24, 2.45) is 0 Å². The van der Waals surface area contributed by atoms with Crippen LogP contribution in [0.5, 0.6) is 0 Å². The van der Waals surface area contributed by atoms with Crippen LogP contribution in [-0.4, -0.2) is 52.0 Å². The van der Waals surface area contributed by atoms with Gasteiger partial charge >= 0.3 is 12.1 Å². The molecule has 6 heteroatoms. The summed E-state index contributed by atoms with van der Waals surface area (Å²) in [6, 6.07) is 0. The summed E-state index contributed by atoms with van der Waals surface area (Å²) in [7, 11) is 0. The van der Waals surface area contributed by atoms with E-state index in [9.17, 15) is 14.7 Å². The second kappa shape index (κ2) is 5.60. The quantitative estimate of drug-likeness (QED) is 0.861. The summed E-state index contributed by atoms with van der Waals surface area (Å²) in [6.45, 7) is 10.8. The Morgan fingerprint density at radius 1 is 1.35 bits per heavy atom. The van der Waals surface area contributed by atoms with Crippen LogP contribution >= 0.6 is 0 Å². The lowest BCUT2D eigenvalue weighted by Crippen LogP contribution is -2.52. The smallest absolute Gasteiger partial charge is 0.411 e. The van der Waals surface area contributed by atoms with Gasteiger partial charge in [0.15, 0.2) is 0 Å². The number of carbonyl (C=O) groups excluding carboxylic acids is 1. The highest BCUT2D eigenvalue weighted by molar-refractivity contribution is 5.85. The number of ether oxygens (including phenoxy) is 2. The Bertz CT molecular complexity index is 388. The third kappa shape index (κ3) is 3.85. The van der Waals surface area contributed by atoms with Crippen LogP contribution in [-0.2, 0) is 14.3 Å². The Kier molecular flexibility index (Phi) is 4.69. The number of carbonyl (C=O) groups is 2. The van der Waals surface area contributed by atoms with Crippen molar-refractivity contribution in [2.45, 2.75) is 71.3 Å². The molecule has 2 unspecified atom stereocenters. The van der Waals surface area contributed by atoms with Gasteiger partial charge in [-0.25, -0.2) is 9.59 Å². The van der Waals surface area contributed by atoms with Crippen LogP contribution in [0.1, 0.15) is 48.0 Å². The predicted octanol–water partition coefficient (Wildman–Crippen LogP) is 2.26. The minimum atomic E-state index is -1.29. The molecule has 1 aliphatic heterocycles. The zero-order chi connectivity index (χ0) is 15.7. The molecule has 0 bridgehead atoms. The Labute approximate surface area is 120 Å². The first-order valence-electron chi connectivity index (χ1n) is 6.85. The zero-order valence-electron chi connectivity index (χ0n) is 13.1. The summed E-state index contributed by atoms with van der Waals surface area (Å²) in [5.74, 6) is -1.04. The molecule has 0 aromatic carbocycles. The standard InChI is InChI=1S/C14H25NO5/c1-9(2)19-10-7-14(6,11(16)17)15(8-10)12(18)20-13(3,4)5/h9-10H,7-8H2,1-6H3,(H,16,17). The average molecular weight is 287 g/mol. The van der Waals surface area contributed by atoms with E-state index < -0.39 is 23.2 Å². The van der Waals surface area contributed by atoms with Gasteiger partial charge in [0.2, 0.25) is 0 Å². The maximum absolute atomic E-state index is 12.2. The average Bonchev–Trinajstić information content (AvgIpc) is 2.53. The second-order valence-electron chi connectivity index (χ2n) is 6.68. The van der Waals surface area contributed by atoms with E-state index in [4.69, 9.17) is 9.47 Å². The first kappa shape index (κ1) is 16.8. The van der Waals surface area contributed by atoms with Crippen LogP contribution < -0.4 is 0 Å². The summed E-state index contributed by atoms with van der Waals surface area (Å²) >= 11 is 0. The third-order valence-corrected chi connectivity index (χ3v) is 3.15. The molecule has 2 atom stereocenters. The molecular weight excluding hydrogens is 262 g/mol. The number of nitrogens with zero attached hydrogens (tertiary/aromatic N) is 1. The minimum Gasteiger partial charge on any atom is -0.480 e. The summed E-state index contributed by atoms with van der Waals surface area (Å²) < 4.78 is 10.9. The maximum Gasteiger partial charge on any atom is 0.411 e. The Morgan fingerprint density at radius 3 is 2.30 bits per heavy atom. The highest BCUT2D eigenvalue weighted by Crippen LogP contribution is 2.33. The SMILES string of the molecule is CC(C)OC1CN(C(=O)OC(C)(C)C)C(C)(C(=O)O)C1. The fraction of sp³-hybridized carbons (Fsp3) is 0.857. The molecule has 1 aliphatic rings. The van der Waals surface area contributed by atoms with Crippen molar-refractivity contribution in [3.8, 4) is 0 Å². The van der Waals surface area contributed by atoms with Gasteiger partial charge < -0.3 is 14.6 Å². The molecular formula is C14H25NO5. The molecule has 1 rings (SSSR count). The molecule has 0 aliphatic carbocycles. The van der Waals surface area contributed by atoms with E-state index in [0.29, 0.717) is 0 Å². The van der Waals surface area contributed by atoms with E-state index in [1.807, 2.05) is 13.8 Å². The van der Waals surface area contributed by atoms with E-state index in [1.54, 1.807) is 20.8 Å². The van der Waals surface area contributed by atoms with Gasteiger partial charge in [-0.2, -0.15) is 0 Å². The number of hydrogen-bond donors (Lipinski definition) is 1. The molecule has 1 fully saturated rings. The van der Waals surface area contributed by atoms with Gasteiger partial charge in [0.05, 0.1) is 18.8 Å². The van der Waals surface area contributed by atoms with Gasteiger partial charge in [-0.1, -0.05) is 0 Å². The second-order valence-corrected chi connectivity index (χ2v) is 6.68. The summed E-state index contributed by atoms with van der Waals surface area (Å²) in [5, 5.41) is 9.44. The van der Waals surface area contributed by atoms with Gasteiger partial charge in [0, 0.05) is 6.42 Å². The van der Waals surface area contributed by atoms with Gasteiger partial charge in [0.1, 0.15) is 11.1 Å². The van der Waals surface area contributed by atoms with Crippen LogP contribution in [0.4, 0.5) is 4.79 Å². The Balaban J connectivity index is 2.91. The summed E-state index contributed by atoms with van der Waals surface area (Å²) in [4.78, 5) is 25.0. The predicted molar refractivity (Wildman–Crippen MR) is 73.6 cm³/mol. The number of hydrogen-bond acceptors (Lipinski definition) is 4. The minimum absolute atomic E-state index is 0.0170. The molecule has 0 radical (unpaired) electrons. The zero-order valence-corrected chi connectivity index (χ0v) is 13.1. The van der Waals surface area contributed by atoms with Crippen molar-refractivity contribution >= 4 is 12.1 Å². The van der Waals surface area contributed by atoms with E-state index in [0.717, 1.165) is 0 Å². The lowest BCUT2D eigenvalue weighted by atomic mass is 9.98. The molecule has 1 amide bonds. The monoisotopic (exact) mass is 287 g/mol. The molecule has 0 aromatic rings. The highest BCUT2D eigenvalue weighted by Gasteiger charge is 2.52. The largest absolute Gasteiger partial charge is 0.480 e. The molecule has 0 spiro atoms. The highest BCUT2D eigenvalue weighted by atomic mass is 16.6. The van der Waals surface area contributed by atoms with Crippen molar-refractivity contribution in [1.29, 1.82) is 0 Å². The van der Waals surface area contributed by atoms with Crippen LogP contribution in [0, 0.1) is 0 Å². The molecule has 0 saturated carbocycles. The van der Waals surface area contributed by atoms with E-state index in [-0.39, 0.29) is 25.2 Å². The van der Waals surface area contributed by atoms with Crippen molar-refractivity contribution in [3.63, 3.8) is 0 Å². The van der Waals surface area contributed by atoms with E-state index in [1.165, 1.54) is 11.8 Å². The number of rotatable bonds is 3. The molecule has 20 heavy (non-hydrogen) atoms. The van der Waals surface area contributed by atoms with Crippen LogP contribution in [0.25, 0.3) is 0 Å². The van der Waals surface area contributed by atoms with E-state index >= 15 is 0 Å². The molecule has 0 aromatic heterocycles. The maximum atomic E-state index is 12.2. The Morgan fingerprint density at radius 2 is 1.90 bits per heavy atom. The molecule has 116 valence electrons. The third-order valence-electron chi connectivity index (χ3n) is 3.15. The van der Waals surface area contributed by atoms with Gasteiger partial charge in [-0.15, -0.1) is 0 Å². The Hall–Kier alpha value is -1.30. The topological polar surface area (TPSA) is 76.1 Å². The molecule has 1 N–H and O–H groups in total. The number of amides is 1. The van der Waals surface area contributed by atoms with Crippen molar-refractivity contribution in [2.75, 3.05) is 6.54 Å². The van der Waals surface area contributed by atoms with Crippen molar-refractivity contribution < 1.29 is 24.2 Å². The number of carboxylic acids is 1. The number of carboxylic acid groups (broad SMARTS) is 1. The fourth-order valence-corrected chi connectivity index (χ4v) is 2.30. The van der Waals surface area contributed by atoms with Gasteiger partial charge in [-0.3, -0.25) is 4.90 Å². The van der Waals surface area contributed by atoms with Crippen molar-refractivity contribution in [1.82, 2.24) is 4.90 Å². The summed E-state index contributed by atoms with van der Waals surface area (Å²) in [6.07, 6.45) is -0.655. The van der Waals surface area contributed by atoms with Crippen LogP contribution in [0.3, 0.4) is 0 Å². The molecule has 6 nitrogen and oxygen atoms in total. The van der Waals surface area contributed by atoms with E-state index in [2.05, 4.69) is 0 Å². The lowest BCUT2D eigenvalue weighted by molar-refractivity contribution is -0.148. The molecule has 1 heterocycles. The fourth-order valence-electron chi connectivity index (χ4n) is 2.30. The first-order chi connectivity index (χ1) is 8.95. The molecule has 1 saturated heterocycles. The number of likely N-dealkylation sites (tertiary alicyclic amines) is 1. The van der Waals surface area contributed by atoms with Crippen LogP contribution in [0.2, 0.25) is 0 Å². The van der Waals surface area contributed by atoms with Gasteiger partial charge in [-0.05, 0) is 41.5 Å². The van der Waals surface area contributed by atoms with Crippen molar-refractivity contribution in [3.05, 3.63) is 0 Å².